The number of carbonyl (C=O) groups excluding carboxylic acids is 4. The zero-order chi connectivity index (χ0) is 17.1. The number of hydrogen-bond acceptors (Lipinski definition) is 4. The van der Waals surface area contributed by atoms with Gasteiger partial charge >= 0.3 is 17.8 Å². The molecule has 1 saturated heterocycles. The number of hydrogen-bond donors (Lipinski definition) is 1. The minimum atomic E-state index is -1.01. The first-order valence-electron chi connectivity index (χ1n) is 7.00. The van der Waals surface area contributed by atoms with Crippen molar-refractivity contribution < 1.29 is 19.2 Å². The fraction of sp³-hybridized carbons (Fsp3) is 0.250. The van der Waals surface area contributed by atoms with Crippen molar-refractivity contribution in [3.63, 3.8) is 0 Å². The van der Waals surface area contributed by atoms with Crippen LogP contribution in [0.4, 0.5) is 10.5 Å². The molecule has 1 aliphatic rings. The van der Waals surface area contributed by atoms with E-state index in [9.17, 15) is 19.2 Å². The molecule has 0 atom stereocenters. The highest BCUT2D eigenvalue weighted by atomic mass is 16.2. The van der Waals surface area contributed by atoms with E-state index in [0.717, 1.165) is 16.0 Å². The molecule has 0 aliphatic carbocycles. The van der Waals surface area contributed by atoms with Crippen LogP contribution in [0.15, 0.2) is 30.9 Å². The summed E-state index contributed by atoms with van der Waals surface area (Å²) in [7, 11) is 0. The lowest BCUT2D eigenvalue weighted by atomic mass is 10.1. The highest BCUT2D eigenvalue weighted by Crippen LogP contribution is 2.15. The Labute approximate surface area is 133 Å². The minimum Gasteiger partial charge on any atom is -0.325 e. The Kier molecular flexibility index (Phi) is 4.59. The number of amides is 5. The van der Waals surface area contributed by atoms with E-state index in [1.807, 2.05) is 19.9 Å². The standard InChI is InChI=1S/C16H17N3O4/c1-4-5-18-14(21)15(22)19(16(18)23)9-13(20)17-12-7-10(2)6-11(3)8-12/h4,6-8H,1,5,9H2,2-3H3,(H,17,20). The number of rotatable bonds is 5. The number of aryl methyl sites for hydroxylation is 2. The first kappa shape index (κ1) is 16.4. The van der Waals surface area contributed by atoms with Gasteiger partial charge in [0.25, 0.3) is 0 Å². The summed E-state index contributed by atoms with van der Waals surface area (Å²) in [6.45, 7) is 6.62. The molecule has 0 radical (unpaired) electrons. The lowest BCUT2D eigenvalue weighted by Crippen LogP contribution is -2.39. The molecule has 0 aromatic heterocycles. The van der Waals surface area contributed by atoms with E-state index < -0.39 is 30.3 Å². The number of carbonyl (C=O) groups is 4. The second-order valence-corrected chi connectivity index (χ2v) is 5.30. The molecule has 0 bridgehead atoms. The van der Waals surface area contributed by atoms with Crippen molar-refractivity contribution in [1.29, 1.82) is 0 Å². The monoisotopic (exact) mass is 315 g/mol. The van der Waals surface area contributed by atoms with Crippen LogP contribution in [-0.4, -0.2) is 46.6 Å². The molecule has 120 valence electrons. The van der Waals surface area contributed by atoms with Gasteiger partial charge in [0.15, 0.2) is 0 Å². The summed E-state index contributed by atoms with van der Waals surface area (Å²) in [6.07, 6.45) is 1.34. The summed E-state index contributed by atoms with van der Waals surface area (Å²) in [6, 6.07) is 4.69. The topological polar surface area (TPSA) is 86.8 Å². The van der Waals surface area contributed by atoms with E-state index in [0.29, 0.717) is 10.6 Å². The molecule has 1 aliphatic heterocycles. The van der Waals surface area contributed by atoms with E-state index in [1.54, 1.807) is 12.1 Å². The summed E-state index contributed by atoms with van der Waals surface area (Å²) >= 11 is 0. The summed E-state index contributed by atoms with van der Waals surface area (Å²) in [5.74, 6) is -2.51. The first-order valence-corrected chi connectivity index (χ1v) is 7.00. The maximum absolute atomic E-state index is 12.0. The van der Waals surface area contributed by atoms with Crippen LogP contribution in [0.5, 0.6) is 0 Å². The Hall–Kier alpha value is -2.96. The predicted octanol–water partition coefficient (Wildman–Crippen LogP) is 1.22. The van der Waals surface area contributed by atoms with Crippen molar-refractivity contribution in [2.45, 2.75) is 13.8 Å². The maximum atomic E-state index is 12.0. The molecule has 1 fully saturated rings. The lowest BCUT2D eigenvalue weighted by molar-refractivity contribution is -0.143. The van der Waals surface area contributed by atoms with Gasteiger partial charge in [-0.25, -0.2) is 9.69 Å². The van der Waals surface area contributed by atoms with E-state index >= 15 is 0 Å². The molecular weight excluding hydrogens is 298 g/mol. The van der Waals surface area contributed by atoms with Gasteiger partial charge in [-0.1, -0.05) is 12.1 Å². The summed E-state index contributed by atoms with van der Waals surface area (Å²) < 4.78 is 0. The molecular formula is C16H17N3O4. The number of imide groups is 2. The molecule has 5 amide bonds. The van der Waals surface area contributed by atoms with E-state index in [2.05, 4.69) is 11.9 Å². The minimum absolute atomic E-state index is 0.0708. The average molecular weight is 315 g/mol. The van der Waals surface area contributed by atoms with Gasteiger partial charge in [0.2, 0.25) is 5.91 Å². The zero-order valence-electron chi connectivity index (χ0n) is 13.0. The largest absolute Gasteiger partial charge is 0.335 e. The Bertz CT molecular complexity index is 691. The van der Waals surface area contributed by atoms with E-state index in [-0.39, 0.29) is 6.54 Å². The van der Waals surface area contributed by atoms with Gasteiger partial charge in [0.1, 0.15) is 6.54 Å². The molecule has 1 aromatic rings. The van der Waals surface area contributed by atoms with Gasteiger partial charge in [0, 0.05) is 12.2 Å². The molecule has 0 spiro atoms. The highest BCUT2D eigenvalue weighted by molar-refractivity contribution is 6.45. The molecule has 0 unspecified atom stereocenters. The van der Waals surface area contributed by atoms with Crippen LogP contribution in [-0.2, 0) is 14.4 Å². The van der Waals surface area contributed by atoms with Gasteiger partial charge < -0.3 is 5.32 Å². The quantitative estimate of drug-likeness (QED) is 0.503. The van der Waals surface area contributed by atoms with Crippen molar-refractivity contribution >= 4 is 29.4 Å². The third-order valence-electron chi connectivity index (χ3n) is 3.25. The zero-order valence-corrected chi connectivity index (χ0v) is 13.0. The van der Waals surface area contributed by atoms with Gasteiger partial charge in [0.05, 0.1) is 0 Å². The Balaban J connectivity index is 2.08. The third kappa shape index (κ3) is 3.45. The van der Waals surface area contributed by atoms with Crippen molar-refractivity contribution in [2.24, 2.45) is 0 Å². The Morgan fingerprint density at radius 3 is 2.22 bits per heavy atom. The van der Waals surface area contributed by atoms with E-state index in [1.165, 1.54) is 6.08 Å². The SMILES string of the molecule is C=CCN1C(=O)C(=O)N(CC(=O)Nc2cc(C)cc(C)c2)C1=O. The molecule has 7 nitrogen and oxygen atoms in total. The van der Waals surface area contributed by atoms with Crippen LogP contribution in [0.1, 0.15) is 11.1 Å². The van der Waals surface area contributed by atoms with Crippen LogP contribution in [0.3, 0.4) is 0 Å². The fourth-order valence-corrected chi connectivity index (χ4v) is 2.37. The molecule has 0 saturated carbocycles. The van der Waals surface area contributed by atoms with Crippen molar-refractivity contribution in [1.82, 2.24) is 9.80 Å². The number of anilines is 1. The van der Waals surface area contributed by atoms with Crippen molar-refractivity contribution in [3.05, 3.63) is 42.0 Å². The molecule has 23 heavy (non-hydrogen) atoms. The smallest absolute Gasteiger partial charge is 0.325 e. The maximum Gasteiger partial charge on any atom is 0.335 e. The summed E-state index contributed by atoms with van der Waals surface area (Å²) in [4.78, 5) is 48.9. The van der Waals surface area contributed by atoms with Crippen LogP contribution in [0, 0.1) is 13.8 Å². The highest BCUT2D eigenvalue weighted by Gasteiger charge is 2.44. The van der Waals surface area contributed by atoms with Gasteiger partial charge in [-0.05, 0) is 37.1 Å². The molecule has 1 aromatic carbocycles. The number of urea groups is 1. The number of nitrogens with one attached hydrogen (secondary N) is 1. The summed E-state index contributed by atoms with van der Waals surface area (Å²) in [5.41, 5.74) is 2.52. The lowest BCUT2D eigenvalue weighted by Gasteiger charge is -2.14. The van der Waals surface area contributed by atoms with Crippen LogP contribution in [0.25, 0.3) is 0 Å². The third-order valence-corrected chi connectivity index (χ3v) is 3.25. The molecule has 7 heteroatoms. The average Bonchev–Trinajstić information content (AvgIpc) is 2.64. The van der Waals surface area contributed by atoms with Gasteiger partial charge in [-0.15, -0.1) is 6.58 Å². The van der Waals surface area contributed by atoms with E-state index in [4.69, 9.17) is 0 Å². The fourth-order valence-electron chi connectivity index (χ4n) is 2.37. The second-order valence-electron chi connectivity index (χ2n) is 5.30. The predicted molar refractivity (Wildman–Crippen MR) is 83.6 cm³/mol. The van der Waals surface area contributed by atoms with Crippen molar-refractivity contribution in [2.75, 3.05) is 18.4 Å². The summed E-state index contributed by atoms with van der Waals surface area (Å²) in [5, 5.41) is 2.62. The first-order chi connectivity index (χ1) is 10.8. The number of nitrogens with zero attached hydrogens (tertiary/aromatic N) is 2. The Morgan fingerprint density at radius 2 is 1.65 bits per heavy atom. The van der Waals surface area contributed by atoms with Crippen LogP contribution >= 0.6 is 0 Å². The van der Waals surface area contributed by atoms with Crippen molar-refractivity contribution in [3.8, 4) is 0 Å². The molecule has 1 N–H and O–H groups in total. The second kappa shape index (κ2) is 6.43. The molecule has 1 heterocycles. The van der Waals surface area contributed by atoms with Gasteiger partial charge in [-0.2, -0.15) is 0 Å². The Morgan fingerprint density at radius 1 is 1.09 bits per heavy atom. The number of benzene rings is 1. The van der Waals surface area contributed by atoms with Crippen LogP contribution in [0.2, 0.25) is 0 Å². The van der Waals surface area contributed by atoms with Crippen LogP contribution < -0.4 is 5.32 Å². The van der Waals surface area contributed by atoms with Gasteiger partial charge in [-0.3, -0.25) is 19.3 Å². The molecule has 2 rings (SSSR count). The normalized spacial score (nSPS) is 14.4.